The predicted octanol–water partition coefficient (Wildman–Crippen LogP) is 2.15. The Kier molecular flexibility index (Phi) is 5.29. The standard InChI is InChI=1S/C12H14F4N2O/c1-8(9-3-2-4-10(13)5-9)17-6-11(19)18-7-12(14,15)16/h2-5,8,17H,6-7H2,1H3,(H,18,19). The molecule has 1 aromatic carbocycles. The van der Waals surface area contributed by atoms with E-state index in [1.165, 1.54) is 18.2 Å². The van der Waals surface area contributed by atoms with Crippen LogP contribution >= 0.6 is 0 Å². The summed E-state index contributed by atoms with van der Waals surface area (Å²) in [5.41, 5.74) is 0.614. The van der Waals surface area contributed by atoms with Crippen molar-refractivity contribution in [3.8, 4) is 0 Å². The Labute approximate surface area is 108 Å². The number of alkyl halides is 3. The lowest BCUT2D eigenvalue weighted by atomic mass is 10.1. The van der Waals surface area contributed by atoms with Crippen LogP contribution in [0.15, 0.2) is 24.3 Å². The van der Waals surface area contributed by atoms with Crippen molar-refractivity contribution in [2.45, 2.75) is 19.1 Å². The van der Waals surface area contributed by atoms with Crippen molar-refractivity contribution in [2.24, 2.45) is 0 Å². The van der Waals surface area contributed by atoms with Gasteiger partial charge in [0.25, 0.3) is 0 Å². The van der Waals surface area contributed by atoms with E-state index in [9.17, 15) is 22.4 Å². The van der Waals surface area contributed by atoms with E-state index >= 15 is 0 Å². The molecule has 0 saturated heterocycles. The fourth-order valence-corrected chi connectivity index (χ4v) is 1.40. The highest BCUT2D eigenvalue weighted by atomic mass is 19.4. The van der Waals surface area contributed by atoms with Gasteiger partial charge in [-0.25, -0.2) is 4.39 Å². The topological polar surface area (TPSA) is 41.1 Å². The highest BCUT2D eigenvalue weighted by molar-refractivity contribution is 5.78. The van der Waals surface area contributed by atoms with Gasteiger partial charge >= 0.3 is 6.18 Å². The summed E-state index contributed by atoms with van der Waals surface area (Å²) in [5, 5.41) is 4.46. The summed E-state index contributed by atoms with van der Waals surface area (Å²) >= 11 is 0. The molecule has 1 amide bonds. The monoisotopic (exact) mass is 278 g/mol. The van der Waals surface area contributed by atoms with E-state index in [2.05, 4.69) is 5.32 Å². The van der Waals surface area contributed by atoms with Crippen LogP contribution in [-0.2, 0) is 4.79 Å². The van der Waals surface area contributed by atoms with Crippen molar-refractivity contribution in [1.29, 1.82) is 0 Å². The van der Waals surface area contributed by atoms with Gasteiger partial charge in [-0.05, 0) is 24.6 Å². The first-order valence-corrected chi connectivity index (χ1v) is 5.60. The minimum Gasteiger partial charge on any atom is -0.346 e. The molecule has 0 saturated carbocycles. The van der Waals surface area contributed by atoms with E-state index in [1.807, 2.05) is 0 Å². The zero-order chi connectivity index (χ0) is 14.5. The molecule has 2 N–H and O–H groups in total. The first-order valence-electron chi connectivity index (χ1n) is 5.60. The summed E-state index contributed by atoms with van der Waals surface area (Å²) in [6.45, 7) is 0.0570. The molecule has 1 unspecified atom stereocenters. The first kappa shape index (κ1) is 15.4. The van der Waals surface area contributed by atoms with Gasteiger partial charge in [-0.15, -0.1) is 0 Å². The molecule has 1 rings (SSSR count). The molecule has 0 fully saturated rings. The van der Waals surface area contributed by atoms with Gasteiger partial charge < -0.3 is 10.6 Å². The Hall–Kier alpha value is -1.63. The van der Waals surface area contributed by atoms with E-state index in [4.69, 9.17) is 0 Å². The lowest BCUT2D eigenvalue weighted by molar-refractivity contribution is -0.137. The molecule has 0 spiro atoms. The van der Waals surface area contributed by atoms with Crippen molar-refractivity contribution < 1.29 is 22.4 Å². The smallest absolute Gasteiger partial charge is 0.346 e. The minimum absolute atomic E-state index is 0.270. The molecule has 3 nitrogen and oxygen atoms in total. The summed E-state index contributed by atoms with van der Waals surface area (Å²) in [5.74, 6) is -1.17. The third-order valence-electron chi connectivity index (χ3n) is 2.40. The van der Waals surface area contributed by atoms with Crippen LogP contribution in [0.1, 0.15) is 18.5 Å². The fourth-order valence-electron chi connectivity index (χ4n) is 1.40. The number of hydrogen-bond donors (Lipinski definition) is 2. The Bertz CT molecular complexity index is 434. The second-order valence-corrected chi connectivity index (χ2v) is 4.05. The molecule has 0 aromatic heterocycles. The molecule has 0 bridgehead atoms. The van der Waals surface area contributed by atoms with Crippen LogP contribution in [0.5, 0.6) is 0 Å². The maximum absolute atomic E-state index is 12.9. The summed E-state index contributed by atoms with van der Waals surface area (Å²) in [7, 11) is 0. The SMILES string of the molecule is CC(NCC(=O)NCC(F)(F)F)c1cccc(F)c1. The molecular weight excluding hydrogens is 264 g/mol. The van der Waals surface area contributed by atoms with Crippen molar-refractivity contribution in [3.63, 3.8) is 0 Å². The zero-order valence-electron chi connectivity index (χ0n) is 10.2. The van der Waals surface area contributed by atoms with E-state index in [-0.39, 0.29) is 12.6 Å². The number of carbonyl (C=O) groups is 1. The predicted molar refractivity (Wildman–Crippen MR) is 61.9 cm³/mol. The van der Waals surface area contributed by atoms with Gasteiger partial charge in [-0.3, -0.25) is 4.79 Å². The molecule has 0 aliphatic heterocycles. The zero-order valence-corrected chi connectivity index (χ0v) is 10.2. The van der Waals surface area contributed by atoms with Gasteiger partial charge in [0.2, 0.25) is 5.91 Å². The van der Waals surface area contributed by atoms with Crippen molar-refractivity contribution in [2.75, 3.05) is 13.1 Å². The fraction of sp³-hybridized carbons (Fsp3) is 0.417. The van der Waals surface area contributed by atoms with Gasteiger partial charge in [0.15, 0.2) is 0 Å². The van der Waals surface area contributed by atoms with Crippen LogP contribution in [0.2, 0.25) is 0 Å². The van der Waals surface area contributed by atoms with E-state index in [1.54, 1.807) is 18.3 Å². The second-order valence-electron chi connectivity index (χ2n) is 4.05. The number of amides is 1. The Morgan fingerprint density at radius 3 is 2.63 bits per heavy atom. The third kappa shape index (κ3) is 6.19. The van der Waals surface area contributed by atoms with E-state index < -0.39 is 24.4 Å². The Morgan fingerprint density at radius 1 is 1.37 bits per heavy atom. The molecule has 1 atom stereocenters. The lowest BCUT2D eigenvalue weighted by Gasteiger charge is -2.14. The van der Waals surface area contributed by atoms with E-state index in [0.717, 1.165) is 0 Å². The number of halogens is 4. The number of nitrogens with one attached hydrogen (secondary N) is 2. The van der Waals surface area contributed by atoms with Crippen LogP contribution in [-0.4, -0.2) is 25.2 Å². The van der Waals surface area contributed by atoms with Crippen molar-refractivity contribution >= 4 is 5.91 Å². The summed E-state index contributed by atoms with van der Waals surface area (Å²) in [6, 6.07) is 5.42. The average molecular weight is 278 g/mol. The Balaban J connectivity index is 2.38. The summed E-state index contributed by atoms with van der Waals surface area (Å²) in [4.78, 5) is 11.1. The molecule has 1 aromatic rings. The van der Waals surface area contributed by atoms with Gasteiger partial charge in [0.1, 0.15) is 12.4 Å². The molecule has 106 valence electrons. The van der Waals surface area contributed by atoms with Gasteiger partial charge in [0.05, 0.1) is 6.54 Å². The minimum atomic E-state index is -4.43. The lowest BCUT2D eigenvalue weighted by Crippen LogP contribution is -2.39. The summed E-state index contributed by atoms with van der Waals surface area (Å²) in [6.07, 6.45) is -4.43. The molecular formula is C12H14F4N2O. The second kappa shape index (κ2) is 6.51. The maximum atomic E-state index is 12.9. The number of benzene rings is 1. The molecule has 7 heteroatoms. The highest BCUT2D eigenvalue weighted by Crippen LogP contribution is 2.13. The highest BCUT2D eigenvalue weighted by Gasteiger charge is 2.27. The van der Waals surface area contributed by atoms with Gasteiger partial charge in [-0.1, -0.05) is 12.1 Å². The number of hydrogen-bond acceptors (Lipinski definition) is 2. The van der Waals surface area contributed by atoms with Crippen LogP contribution in [0, 0.1) is 5.82 Å². The van der Waals surface area contributed by atoms with Crippen molar-refractivity contribution in [3.05, 3.63) is 35.6 Å². The summed E-state index contributed by atoms with van der Waals surface area (Å²) < 4.78 is 48.5. The van der Waals surface area contributed by atoms with E-state index in [0.29, 0.717) is 5.56 Å². The van der Waals surface area contributed by atoms with Crippen LogP contribution in [0.25, 0.3) is 0 Å². The van der Waals surface area contributed by atoms with Gasteiger partial charge in [0, 0.05) is 6.04 Å². The molecule has 0 aliphatic rings. The quantitative estimate of drug-likeness (QED) is 0.810. The average Bonchev–Trinajstić information content (AvgIpc) is 2.32. The van der Waals surface area contributed by atoms with Crippen LogP contribution < -0.4 is 10.6 Å². The Morgan fingerprint density at radius 2 is 2.05 bits per heavy atom. The largest absolute Gasteiger partial charge is 0.405 e. The normalized spacial score (nSPS) is 13.1. The van der Waals surface area contributed by atoms with Crippen LogP contribution in [0.4, 0.5) is 17.6 Å². The van der Waals surface area contributed by atoms with Gasteiger partial charge in [-0.2, -0.15) is 13.2 Å². The molecule has 19 heavy (non-hydrogen) atoms. The molecule has 0 aliphatic carbocycles. The molecule has 0 radical (unpaired) electrons. The number of rotatable bonds is 5. The first-order chi connectivity index (χ1) is 8.78. The molecule has 0 heterocycles. The third-order valence-corrected chi connectivity index (χ3v) is 2.40. The van der Waals surface area contributed by atoms with Crippen molar-refractivity contribution in [1.82, 2.24) is 10.6 Å². The number of carbonyl (C=O) groups excluding carboxylic acids is 1. The maximum Gasteiger partial charge on any atom is 0.405 e. The van der Waals surface area contributed by atoms with Crippen LogP contribution in [0.3, 0.4) is 0 Å².